The highest BCUT2D eigenvalue weighted by atomic mass is 32.2. The minimum atomic E-state index is -3.46. The van der Waals surface area contributed by atoms with E-state index < -0.39 is 21.7 Å². The molecule has 7 heteroatoms. The molecule has 0 aromatic rings. The number of aliphatic carboxylic acids is 1. The van der Waals surface area contributed by atoms with Crippen molar-refractivity contribution in [3.8, 4) is 0 Å². The van der Waals surface area contributed by atoms with Gasteiger partial charge in [0.15, 0.2) is 0 Å². The number of hydrogen-bond acceptors (Lipinski definition) is 4. The molecule has 0 atom stereocenters. The molecule has 0 saturated heterocycles. The Morgan fingerprint density at radius 1 is 1.54 bits per heavy atom. The summed E-state index contributed by atoms with van der Waals surface area (Å²) in [4.78, 5) is 10.1. The van der Waals surface area contributed by atoms with Crippen LogP contribution in [0.5, 0.6) is 0 Å². The van der Waals surface area contributed by atoms with Crippen LogP contribution in [-0.4, -0.2) is 45.5 Å². The Balaban J connectivity index is 3.74. The van der Waals surface area contributed by atoms with Gasteiger partial charge in [0.1, 0.15) is 0 Å². The zero-order chi connectivity index (χ0) is 10.3. The van der Waals surface area contributed by atoms with E-state index in [9.17, 15) is 13.2 Å². The third-order valence-corrected chi connectivity index (χ3v) is 2.60. The number of hydrogen-bond donors (Lipinski definition) is 2. The SMILES string of the molecule is COCCNS(=O)(=O)CCC(=O)O. The number of carboxylic acid groups (broad SMARTS) is 1. The maximum absolute atomic E-state index is 11.0. The van der Waals surface area contributed by atoms with Crippen LogP contribution >= 0.6 is 0 Å². The van der Waals surface area contributed by atoms with E-state index in [0.29, 0.717) is 0 Å². The first-order chi connectivity index (χ1) is 5.98. The van der Waals surface area contributed by atoms with Crippen molar-refractivity contribution in [2.75, 3.05) is 26.0 Å². The molecule has 0 aromatic heterocycles. The highest BCUT2D eigenvalue weighted by Gasteiger charge is 2.11. The topological polar surface area (TPSA) is 92.7 Å². The molecule has 0 aliphatic rings. The summed E-state index contributed by atoms with van der Waals surface area (Å²) in [5.41, 5.74) is 0. The van der Waals surface area contributed by atoms with Gasteiger partial charge in [-0.2, -0.15) is 0 Å². The van der Waals surface area contributed by atoms with Crippen molar-refractivity contribution in [3.63, 3.8) is 0 Å². The summed E-state index contributed by atoms with van der Waals surface area (Å²) >= 11 is 0. The van der Waals surface area contributed by atoms with Crippen LogP contribution in [-0.2, 0) is 19.6 Å². The molecule has 0 rings (SSSR count). The van der Waals surface area contributed by atoms with Gasteiger partial charge >= 0.3 is 5.97 Å². The largest absolute Gasteiger partial charge is 0.481 e. The van der Waals surface area contributed by atoms with Gasteiger partial charge in [0, 0.05) is 13.7 Å². The van der Waals surface area contributed by atoms with Gasteiger partial charge in [0.05, 0.1) is 18.8 Å². The van der Waals surface area contributed by atoms with E-state index in [0.717, 1.165) is 0 Å². The fourth-order valence-corrected chi connectivity index (χ4v) is 1.58. The van der Waals surface area contributed by atoms with E-state index >= 15 is 0 Å². The molecule has 0 radical (unpaired) electrons. The van der Waals surface area contributed by atoms with E-state index in [-0.39, 0.29) is 19.6 Å². The molecule has 0 spiro atoms. The second kappa shape index (κ2) is 5.90. The van der Waals surface area contributed by atoms with Gasteiger partial charge in [0.2, 0.25) is 10.0 Å². The Morgan fingerprint density at radius 3 is 2.62 bits per heavy atom. The third-order valence-electron chi connectivity index (χ3n) is 1.21. The highest BCUT2D eigenvalue weighted by molar-refractivity contribution is 7.89. The molecule has 0 amide bonds. The van der Waals surface area contributed by atoms with Crippen molar-refractivity contribution < 1.29 is 23.1 Å². The van der Waals surface area contributed by atoms with Crippen LogP contribution < -0.4 is 4.72 Å². The second-order valence-electron chi connectivity index (χ2n) is 2.35. The summed E-state index contributed by atoms with van der Waals surface area (Å²) < 4.78 is 28.8. The maximum Gasteiger partial charge on any atom is 0.304 e. The van der Waals surface area contributed by atoms with Gasteiger partial charge in [-0.1, -0.05) is 0 Å². The van der Waals surface area contributed by atoms with Crippen LogP contribution in [0.2, 0.25) is 0 Å². The van der Waals surface area contributed by atoms with Crippen LogP contribution in [0.3, 0.4) is 0 Å². The second-order valence-corrected chi connectivity index (χ2v) is 4.28. The first-order valence-corrected chi connectivity index (χ1v) is 5.31. The summed E-state index contributed by atoms with van der Waals surface area (Å²) in [5, 5.41) is 8.23. The van der Waals surface area contributed by atoms with E-state index in [4.69, 9.17) is 5.11 Å². The lowest BCUT2D eigenvalue weighted by atomic mass is 10.5. The van der Waals surface area contributed by atoms with Gasteiger partial charge in [-0.3, -0.25) is 4.79 Å². The van der Waals surface area contributed by atoms with Crippen molar-refractivity contribution in [1.82, 2.24) is 4.72 Å². The summed E-state index contributed by atoms with van der Waals surface area (Å²) in [6, 6.07) is 0. The average Bonchev–Trinajstić information content (AvgIpc) is 2.02. The number of methoxy groups -OCH3 is 1. The smallest absolute Gasteiger partial charge is 0.304 e. The molecule has 0 aliphatic heterocycles. The lowest BCUT2D eigenvalue weighted by Crippen LogP contribution is -2.30. The average molecular weight is 211 g/mol. The fourth-order valence-electron chi connectivity index (χ4n) is 0.593. The first-order valence-electron chi connectivity index (χ1n) is 3.66. The van der Waals surface area contributed by atoms with Crippen molar-refractivity contribution in [1.29, 1.82) is 0 Å². The lowest BCUT2D eigenvalue weighted by molar-refractivity contribution is -0.136. The molecule has 78 valence electrons. The maximum atomic E-state index is 11.0. The van der Waals surface area contributed by atoms with E-state index in [1.54, 1.807) is 0 Å². The number of sulfonamides is 1. The van der Waals surface area contributed by atoms with E-state index in [1.807, 2.05) is 0 Å². The van der Waals surface area contributed by atoms with Crippen molar-refractivity contribution in [2.24, 2.45) is 0 Å². The normalized spacial score (nSPS) is 11.5. The molecule has 0 fully saturated rings. The number of nitrogens with one attached hydrogen (secondary N) is 1. The van der Waals surface area contributed by atoms with Gasteiger partial charge < -0.3 is 9.84 Å². The van der Waals surface area contributed by atoms with Crippen LogP contribution in [0.4, 0.5) is 0 Å². The molecule has 13 heavy (non-hydrogen) atoms. The number of carboxylic acids is 1. The van der Waals surface area contributed by atoms with Gasteiger partial charge in [0.25, 0.3) is 0 Å². The zero-order valence-electron chi connectivity index (χ0n) is 7.32. The Bertz CT molecular complexity index is 248. The van der Waals surface area contributed by atoms with Crippen molar-refractivity contribution in [2.45, 2.75) is 6.42 Å². The predicted octanol–water partition coefficient (Wildman–Crippen LogP) is -0.973. The fraction of sp³-hybridized carbons (Fsp3) is 0.833. The van der Waals surface area contributed by atoms with E-state index in [2.05, 4.69) is 9.46 Å². The molecular formula is C6H13NO5S. The van der Waals surface area contributed by atoms with Gasteiger partial charge in [-0.25, -0.2) is 13.1 Å². The Labute approximate surface area is 76.9 Å². The number of carbonyl (C=O) groups is 1. The highest BCUT2D eigenvalue weighted by Crippen LogP contribution is 1.88. The Hall–Kier alpha value is -0.660. The standard InChI is InChI=1S/C6H13NO5S/c1-12-4-3-7-13(10,11)5-2-6(8)9/h7H,2-5H2,1H3,(H,8,9). The van der Waals surface area contributed by atoms with Crippen LogP contribution in [0.15, 0.2) is 0 Å². The minimum absolute atomic E-state index is 0.165. The van der Waals surface area contributed by atoms with Gasteiger partial charge in [-0.05, 0) is 0 Å². The molecule has 0 unspecified atom stereocenters. The van der Waals surface area contributed by atoms with E-state index in [1.165, 1.54) is 7.11 Å². The quantitative estimate of drug-likeness (QED) is 0.528. The Kier molecular flexibility index (Phi) is 5.60. The molecule has 6 nitrogen and oxygen atoms in total. The van der Waals surface area contributed by atoms with Crippen molar-refractivity contribution >= 4 is 16.0 Å². The summed E-state index contributed by atoms with van der Waals surface area (Å²) in [6.45, 7) is 0.435. The van der Waals surface area contributed by atoms with Crippen LogP contribution in [0.25, 0.3) is 0 Å². The summed E-state index contributed by atoms with van der Waals surface area (Å²) in [6.07, 6.45) is -0.387. The molecule has 2 N–H and O–H groups in total. The van der Waals surface area contributed by atoms with Crippen molar-refractivity contribution in [3.05, 3.63) is 0 Å². The molecule has 0 aromatic carbocycles. The molecule has 0 saturated carbocycles. The summed E-state index contributed by atoms with van der Waals surface area (Å²) in [7, 11) is -2.01. The predicted molar refractivity (Wildman–Crippen MR) is 45.9 cm³/mol. The van der Waals surface area contributed by atoms with Crippen LogP contribution in [0.1, 0.15) is 6.42 Å². The number of ether oxygens (including phenoxy) is 1. The molecule has 0 bridgehead atoms. The third kappa shape index (κ3) is 7.69. The molecular weight excluding hydrogens is 198 g/mol. The van der Waals surface area contributed by atoms with Gasteiger partial charge in [-0.15, -0.1) is 0 Å². The lowest BCUT2D eigenvalue weighted by Gasteiger charge is -2.03. The first kappa shape index (κ1) is 12.3. The number of rotatable bonds is 7. The molecule has 0 heterocycles. The zero-order valence-corrected chi connectivity index (χ0v) is 8.13. The summed E-state index contributed by atoms with van der Waals surface area (Å²) in [5.74, 6) is -1.52. The molecule has 0 aliphatic carbocycles. The Morgan fingerprint density at radius 2 is 2.15 bits per heavy atom. The van der Waals surface area contributed by atoms with Crippen LogP contribution in [0, 0.1) is 0 Å². The minimum Gasteiger partial charge on any atom is -0.481 e. The monoisotopic (exact) mass is 211 g/mol.